The summed E-state index contributed by atoms with van der Waals surface area (Å²) in [6.07, 6.45) is 4.84. The highest BCUT2D eigenvalue weighted by Crippen LogP contribution is 2.43. The molecule has 4 atom stereocenters. The molecule has 0 aromatic heterocycles. The summed E-state index contributed by atoms with van der Waals surface area (Å²) < 4.78 is 11.3. The van der Waals surface area contributed by atoms with Gasteiger partial charge in [-0.25, -0.2) is 0 Å². The first-order valence-corrected chi connectivity index (χ1v) is 8.54. The van der Waals surface area contributed by atoms with Gasteiger partial charge < -0.3 is 15.2 Å². The molecule has 2 aliphatic rings. The molecule has 0 amide bonds. The number of nitrogens with two attached hydrogens (primary N) is 1. The Morgan fingerprint density at radius 1 is 1.14 bits per heavy atom. The third kappa shape index (κ3) is 4.02. The number of ether oxygens (including phenoxy) is 2. The first-order valence-electron chi connectivity index (χ1n) is 8.54. The zero-order valence-corrected chi connectivity index (χ0v) is 15.1. The van der Waals surface area contributed by atoms with Crippen LogP contribution in [0.1, 0.15) is 67.2 Å². The molecule has 1 heterocycles. The van der Waals surface area contributed by atoms with Gasteiger partial charge in [0.25, 0.3) is 0 Å². The minimum absolute atomic E-state index is 0.0182. The average molecular weight is 311 g/mol. The standard InChI is InChI=1S/C18H33NO3/c1-16(2,3)11-18(6,17(4,5)19)15(20)21-10-12-7-8-13-14(9-12)22-13/h12-14H,7-11,19H2,1-6H3. The molecule has 2 N–H and O–H groups in total. The van der Waals surface area contributed by atoms with Crippen LogP contribution in [0.15, 0.2) is 0 Å². The molecule has 2 rings (SSSR count). The van der Waals surface area contributed by atoms with Crippen molar-refractivity contribution in [1.82, 2.24) is 0 Å². The van der Waals surface area contributed by atoms with Crippen LogP contribution in [0.5, 0.6) is 0 Å². The van der Waals surface area contributed by atoms with Gasteiger partial charge in [0.05, 0.1) is 24.2 Å². The molecular formula is C18H33NO3. The van der Waals surface area contributed by atoms with E-state index in [1.807, 2.05) is 20.8 Å². The lowest BCUT2D eigenvalue weighted by molar-refractivity contribution is -0.162. The van der Waals surface area contributed by atoms with Crippen molar-refractivity contribution in [2.75, 3.05) is 6.61 Å². The van der Waals surface area contributed by atoms with Crippen molar-refractivity contribution in [3.8, 4) is 0 Å². The molecule has 0 bridgehead atoms. The van der Waals surface area contributed by atoms with Crippen LogP contribution in [0.25, 0.3) is 0 Å². The molecule has 0 radical (unpaired) electrons. The highest BCUT2D eigenvalue weighted by Gasteiger charge is 2.49. The van der Waals surface area contributed by atoms with Crippen LogP contribution >= 0.6 is 0 Å². The highest BCUT2D eigenvalue weighted by molar-refractivity contribution is 5.78. The number of epoxide rings is 1. The van der Waals surface area contributed by atoms with Crippen LogP contribution in [0.4, 0.5) is 0 Å². The number of carbonyl (C=O) groups excluding carboxylic acids is 1. The molecule has 4 nitrogen and oxygen atoms in total. The van der Waals surface area contributed by atoms with Crippen LogP contribution in [-0.4, -0.2) is 30.3 Å². The van der Waals surface area contributed by atoms with Crippen LogP contribution in [0.2, 0.25) is 0 Å². The summed E-state index contributed by atoms with van der Waals surface area (Å²) in [6.45, 7) is 12.7. The molecule has 2 fully saturated rings. The van der Waals surface area contributed by atoms with E-state index in [1.54, 1.807) is 0 Å². The Hall–Kier alpha value is -0.610. The van der Waals surface area contributed by atoms with Gasteiger partial charge in [0, 0.05) is 5.54 Å². The monoisotopic (exact) mass is 311 g/mol. The smallest absolute Gasteiger partial charge is 0.313 e. The number of carbonyl (C=O) groups is 1. The third-order valence-electron chi connectivity index (χ3n) is 5.32. The van der Waals surface area contributed by atoms with Gasteiger partial charge in [-0.2, -0.15) is 0 Å². The van der Waals surface area contributed by atoms with Gasteiger partial charge >= 0.3 is 5.97 Å². The summed E-state index contributed by atoms with van der Waals surface area (Å²) in [6, 6.07) is 0. The molecule has 1 saturated heterocycles. The second kappa shape index (κ2) is 5.79. The van der Waals surface area contributed by atoms with E-state index in [2.05, 4.69) is 20.8 Å². The van der Waals surface area contributed by atoms with Gasteiger partial charge in [-0.3, -0.25) is 4.79 Å². The summed E-state index contributed by atoms with van der Waals surface area (Å²) in [5.41, 5.74) is 5.06. The number of rotatable bonds is 5. The summed E-state index contributed by atoms with van der Waals surface area (Å²) >= 11 is 0. The Labute approximate surface area is 135 Å². The van der Waals surface area contributed by atoms with E-state index >= 15 is 0 Å². The molecule has 0 aromatic rings. The van der Waals surface area contributed by atoms with Crippen molar-refractivity contribution in [3.05, 3.63) is 0 Å². The van der Waals surface area contributed by atoms with E-state index in [0.29, 0.717) is 31.2 Å². The Morgan fingerprint density at radius 3 is 2.27 bits per heavy atom. The van der Waals surface area contributed by atoms with Gasteiger partial charge in [0.1, 0.15) is 0 Å². The van der Waals surface area contributed by atoms with Crippen molar-refractivity contribution < 1.29 is 14.3 Å². The fourth-order valence-electron chi connectivity index (χ4n) is 3.61. The molecule has 22 heavy (non-hydrogen) atoms. The summed E-state index contributed by atoms with van der Waals surface area (Å²) in [5, 5.41) is 0. The maximum atomic E-state index is 12.8. The van der Waals surface area contributed by atoms with E-state index < -0.39 is 11.0 Å². The number of hydrogen-bond acceptors (Lipinski definition) is 4. The maximum Gasteiger partial charge on any atom is 0.313 e. The fourth-order valence-corrected chi connectivity index (χ4v) is 3.61. The molecule has 4 heteroatoms. The summed E-state index contributed by atoms with van der Waals surface area (Å²) in [5.74, 6) is 0.279. The molecule has 4 unspecified atom stereocenters. The minimum atomic E-state index is -0.682. The van der Waals surface area contributed by atoms with Crippen molar-refractivity contribution in [2.45, 2.75) is 85.0 Å². The third-order valence-corrected chi connectivity index (χ3v) is 5.32. The van der Waals surface area contributed by atoms with Crippen LogP contribution in [0, 0.1) is 16.7 Å². The second-order valence-electron chi connectivity index (χ2n) is 9.28. The molecule has 1 aliphatic carbocycles. The molecule has 1 aliphatic heterocycles. The zero-order chi connectivity index (χ0) is 16.8. The van der Waals surface area contributed by atoms with Gasteiger partial charge in [-0.15, -0.1) is 0 Å². The summed E-state index contributed by atoms with van der Waals surface area (Å²) in [4.78, 5) is 12.8. The number of esters is 1. The van der Waals surface area contributed by atoms with Crippen molar-refractivity contribution in [3.63, 3.8) is 0 Å². The molecule has 1 saturated carbocycles. The molecule has 128 valence electrons. The van der Waals surface area contributed by atoms with E-state index in [1.165, 1.54) is 0 Å². The predicted octanol–water partition coefficient (Wildman–Crippen LogP) is 3.28. The Bertz CT molecular complexity index is 421. The maximum absolute atomic E-state index is 12.8. The van der Waals surface area contributed by atoms with Gasteiger partial charge in [-0.05, 0) is 57.8 Å². The topological polar surface area (TPSA) is 64.8 Å². The SMILES string of the molecule is CC(C)(C)CC(C)(C(=O)OCC1CCC2OC2C1)C(C)(C)N. The van der Waals surface area contributed by atoms with E-state index in [9.17, 15) is 4.79 Å². The lowest BCUT2D eigenvalue weighted by Gasteiger charge is -2.43. The van der Waals surface area contributed by atoms with Crippen molar-refractivity contribution in [2.24, 2.45) is 22.5 Å². The molecular weight excluding hydrogens is 278 g/mol. The zero-order valence-electron chi connectivity index (χ0n) is 15.1. The Morgan fingerprint density at radius 2 is 1.77 bits per heavy atom. The Balaban J connectivity index is 1.96. The average Bonchev–Trinajstić information content (AvgIpc) is 3.10. The predicted molar refractivity (Wildman–Crippen MR) is 87.4 cm³/mol. The normalized spacial score (nSPS) is 31.1. The number of fused-ring (bicyclic) bond motifs is 1. The van der Waals surface area contributed by atoms with Gasteiger partial charge in [-0.1, -0.05) is 20.8 Å². The first kappa shape index (κ1) is 17.7. The van der Waals surface area contributed by atoms with Crippen molar-refractivity contribution >= 4 is 5.97 Å². The van der Waals surface area contributed by atoms with Crippen LogP contribution < -0.4 is 5.73 Å². The molecule has 0 spiro atoms. The van der Waals surface area contributed by atoms with E-state index in [0.717, 1.165) is 19.3 Å². The van der Waals surface area contributed by atoms with Crippen molar-refractivity contribution in [1.29, 1.82) is 0 Å². The Kier molecular flexibility index (Phi) is 4.67. The van der Waals surface area contributed by atoms with E-state index in [-0.39, 0.29) is 11.4 Å². The highest BCUT2D eigenvalue weighted by atomic mass is 16.6. The first-order chi connectivity index (χ1) is 9.92. The lowest BCUT2D eigenvalue weighted by Crippen LogP contribution is -2.55. The lowest BCUT2D eigenvalue weighted by atomic mass is 9.65. The van der Waals surface area contributed by atoms with Gasteiger partial charge in [0.15, 0.2) is 0 Å². The van der Waals surface area contributed by atoms with Crippen LogP contribution in [0.3, 0.4) is 0 Å². The second-order valence-corrected chi connectivity index (χ2v) is 9.28. The fraction of sp³-hybridized carbons (Fsp3) is 0.944. The number of hydrogen-bond donors (Lipinski definition) is 1. The minimum Gasteiger partial charge on any atom is -0.465 e. The molecule has 0 aromatic carbocycles. The van der Waals surface area contributed by atoms with E-state index in [4.69, 9.17) is 15.2 Å². The summed E-state index contributed by atoms with van der Waals surface area (Å²) in [7, 11) is 0. The van der Waals surface area contributed by atoms with Gasteiger partial charge in [0.2, 0.25) is 0 Å². The van der Waals surface area contributed by atoms with Crippen LogP contribution in [-0.2, 0) is 14.3 Å². The quantitative estimate of drug-likeness (QED) is 0.625. The largest absolute Gasteiger partial charge is 0.465 e.